The standard InChI is InChI=1S/C69H44N4O2/c1-44(67-70-68(51-33-36-53-52-27-14-16-30-62(52)75-65(53)43-51)72-69(71-67)55-29-18-32-64-66(55)54-28-15-17-31-63(54)74-64)39-56(48-25-12-5-13-26-48)61(40-45-19-6-2-7-20-45)73-59-37-34-49(46-21-8-3-9-22-46)41-57(59)58-42-50(35-38-60(58)73)47-23-10-4-11-24-47/h2-43H,1H2/b56-39-,61-40-. The smallest absolute Gasteiger partial charge is 0.164 e. The van der Waals surface area contributed by atoms with Crippen LogP contribution in [0.3, 0.4) is 0 Å². The highest BCUT2D eigenvalue weighted by atomic mass is 16.3. The van der Waals surface area contributed by atoms with Gasteiger partial charge in [0.15, 0.2) is 17.5 Å². The van der Waals surface area contributed by atoms with E-state index < -0.39 is 0 Å². The normalized spacial score (nSPS) is 12.2. The van der Waals surface area contributed by atoms with E-state index in [4.69, 9.17) is 30.4 Å². The van der Waals surface area contributed by atoms with Gasteiger partial charge in [-0.2, -0.15) is 0 Å². The second kappa shape index (κ2) is 18.1. The molecule has 14 rings (SSSR count). The molecule has 0 N–H and O–H groups in total. The van der Waals surface area contributed by atoms with Gasteiger partial charge in [0.2, 0.25) is 0 Å². The average Bonchev–Trinajstić information content (AvgIpc) is 4.19. The molecular weight excluding hydrogens is 917 g/mol. The molecule has 0 aliphatic carbocycles. The van der Waals surface area contributed by atoms with Gasteiger partial charge in [0.05, 0.1) is 16.7 Å². The molecule has 0 unspecified atom stereocenters. The number of rotatable bonds is 10. The van der Waals surface area contributed by atoms with Crippen molar-refractivity contribution in [2.75, 3.05) is 0 Å². The molecule has 0 aliphatic rings. The van der Waals surface area contributed by atoms with Crippen molar-refractivity contribution >= 4 is 88.6 Å². The maximum Gasteiger partial charge on any atom is 0.164 e. The number of furan rings is 2. The molecule has 75 heavy (non-hydrogen) atoms. The molecule has 0 saturated carbocycles. The number of para-hydroxylation sites is 2. The SMILES string of the molecule is C=C(/C=C(\C(=C\c1ccccc1)n1c2ccc(-c3ccccc3)cc2c2cc(-c3ccccc3)ccc21)c1ccccc1)c1nc(-c2ccc3c(c2)oc2ccccc23)nc(-c2cccc3oc4ccccc4c23)n1. The topological polar surface area (TPSA) is 69.9 Å². The zero-order valence-electron chi connectivity index (χ0n) is 40.6. The van der Waals surface area contributed by atoms with Crippen LogP contribution < -0.4 is 0 Å². The molecule has 6 heteroatoms. The summed E-state index contributed by atoms with van der Waals surface area (Å²) >= 11 is 0. The Hall–Kier alpha value is -10.2. The van der Waals surface area contributed by atoms with Crippen molar-refractivity contribution in [1.29, 1.82) is 0 Å². The lowest BCUT2D eigenvalue weighted by atomic mass is 9.97. The fraction of sp³-hybridized carbons (Fsp3) is 0. The van der Waals surface area contributed by atoms with Crippen LogP contribution in [0.4, 0.5) is 0 Å². The third-order valence-electron chi connectivity index (χ3n) is 14.2. The molecule has 0 amide bonds. The Morgan fingerprint density at radius 2 is 0.933 bits per heavy atom. The Morgan fingerprint density at radius 1 is 0.400 bits per heavy atom. The van der Waals surface area contributed by atoms with Gasteiger partial charge in [0, 0.05) is 54.6 Å². The zero-order chi connectivity index (χ0) is 49.8. The lowest BCUT2D eigenvalue weighted by Gasteiger charge is -2.19. The number of allylic oxidation sites excluding steroid dienone is 4. The van der Waals surface area contributed by atoms with Crippen LogP contribution in [-0.4, -0.2) is 19.5 Å². The molecule has 4 aromatic heterocycles. The van der Waals surface area contributed by atoms with Crippen LogP contribution in [0.2, 0.25) is 0 Å². The Labute approximate surface area is 432 Å². The number of hydrogen-bond acceptors (Lipinski definition) is 5. The van der Waals surface area contributed by atoms with Crippen LogP contribution >= 0.6 is 0 Å². The fourth-order valence-corrected chi connectivity index (χ4v) is 10.6. The predicted molar refractivity (Wildman–Crippen MR) is 310 cm³/mol. The lowest BCUT2D eigenvalue weighted by molar-refractivity contribution is 0.668. The van der Waals surface area contributed by atoms with Crippen molar-refractivity contribution in [1.82, 2.24) is 19.5 Å². The van der Waals surface area contributed by atoms with Crippen molar-refractivity contribution < 1.29 is 8.83 Å². The van der Waals surface area contributed by atoms with E-state index in [0.717, 1.165) is 121 Å². The molecule has 0 saturated heterocycles. The number of fused-ring (bicyclic) bond motifs is 9. The molecular formula is C69H44N4O2. The Balaban J connectivity index is 1.01. The number of aromatic nitrogens is 4. The maximum absolute atomic E-state index is 6.41. The molecule has 10 aromatic carbocycles. The summed E-state index contributed by atoms with van der Waals surface area (Å²) in [6, 6.07) is 84.3. The molecule has 0 radical (unpaired) electrons. The molecule has 0 atom stereocenters. The van der Waals surface area contributed by atoms with E-state index >= 15 is 0 Å². The molecule has 14 aromatic rings. The van der Waals surface area contributed by atoms with Gasteiger partial charge in [0.25, 0.3) is 0 Å². The summed E-state index contributed by atoms with van der Waals surface area (Å²) in [5.74, 6) is 1.42. The molecule has 352 valence electrons. The first-order valence-electron chi connectivity index (χ1n) is 25.1. The molecule has 0 bridgehead atoms. The van der Waals surface area contributed by atoms with Gasteiger partial charge in [-0.3, -0.25) is 0 Å². The summed E-state index contributed by atoms with van der Waals surface area (Å²) in [5, 5.41) is 6.27. The van der Waals surface area contributed by atoms with E-state index in [1.54, 1.807) is 0 Å². The van der Waals surface area contributed by atoms with Gasteiger partial charge in [-0.25, -0.2) is 15.0 Å². The van der Waals surface area contributed by atoms with Gasteiger partial charge in [-0.05, 0) is 100 Å². The summed E-state index contributed by atoms with van der Waals surface area (Å²) in [7, 11) is 0. The fourth-order valence-electron chi connectivity index (χ4n) is 10.6. The van der Waals surface area contributed by atoms with Crippen molar-refractivity contribution in [3.05, 3.63) is 272 Å². The van der Waals surface area contributed by atoms with Crippen molar-refractivity contribution in [3.8, 4) is 45.0 Å². The van der Waals surface area contributed by atoms with Crippen LogP contribution in [-0.2, 0) is 0 Å². The quantitative estimate of drug-likeness (QED) is 0.128. The maximum atomic E-state index is 6.41. The Morgan fingerprint density at radius 3 is 1.61 bits per heavy atom. The first-order valence-corrected chi connectivity index (χ1v) is 25.1. The third-order valence-corrected chi connectivity index (χ3v) is 14.2. The van der Waals surface area contributed by atoms with Gasteiger partial charge >= 0.3 is 0 Å². The van der Waals surface area contributed by atoms with Crippen molar-refractivity contribution in [2.24, 2.45) is 0 Å². The van der Waals surface area contributed by atoms with E-state index in [1.165, 1.54) is 0 Å². The second-order valence-electron chi connectivity index (χ2n) is 18.8. The van der Waals surface area contributed by atoms with Crippen LogP contribution in [0.5, 0.6) is 0 Å². The monoisotopic (exact) mass is 960 g/mol. The van der Waals surface area contributed by atoms with Gasteiger partial charge in [-0.1, -0.05) is 195 Å². The van der Waals surface area contributed by atoms with Gasteiger partial charge < -0.3 is 13.4 Å². The first-order chi connectivity index (χ1) is 37.1. The van der Waals surface area contributed by atoms with E-state index in [0.29, 0.717) is 23.0 Å². The number of hydrogen-bond donors (Lipinski definition) is 0. The molecule has 0 spiro atoms. The van der Waals surface area contributed by atoms with E-state index in [2.05, 4.69) is 205 Å². The lowest BCUT2D eigenvalue weighted by Crippen LogP contribution is -2.04. The average molecular weight is 961 g/mol. The molecule has 4 heterocycles. The van der Waals surface area contributed by atoms with E-state index in [1.807, 2.05) is 54.6 Å². The predicted octanol–water partition coefficient (Wildman–Crippen LogP) is 18.2. The summed E-state index contributed by atoms with van der Waals surface area (Å²) in [6.45, 7) is 4.82. The van der Waals surface area contributed by atoms with Gasteiger partial charge in [-0.15, -0.1) is 0 Å². The highest BCUT2D eigenvalue weighted by Crippen LogP contribution is 2.43. The minimum atomic E-state index is 0.430. The highest BCUT2D eigenvalue weighted by molar-refractivity contribution is 6.18. The molecule has 0 aliphatic heterocycles. The van der Waals surface area contributed by atoms with Crippen LogP contribution in [0, 0.1) is 0 Å². The van der Waals surface area contributed by atoms with Crippen LogP contribution in [0.1, 0.15) is 17.0 Å². The molecule has 0 fully saturated rings. The van der Waals surface area contributed by atoms with Gasteiger partial charge in [0.1, 0.15) is 22.3 Å². The summed E-state index contributed by atoms with van der Waals surface area (Å²) < 4.78 is 15.2. The van der Waals surface area contributed by atoms with E-state index in [-0.39, 0.29) is 0 Å². The van der Waals surface area contributed by atoms with Crippen LogP contribution in [0.15, 0.2) is 264 Å². The van der Waals surface area contributed by atoms with Crippen molar-refractivity contribution in [3.63, 3.8) is 0 Å². The summed E-state index contributed by atoms with van der Waals surface area (Å²) in [6.07, 6.45) is 4.41. The zero-order valence-corrected chi connectivity index (χ0v) is 40.6. The Kier molecular flexibility index (Phi) is 10.6. The summed E-state index contributed by atoms with van der Waals surface area (Å²) in [4.78, 5) is 15.9. The van der Waals surface area contributed by atoms with Crippen LogP contribution in [0.25, 0.3) is 134 Å². The first kappa shape index (κ1) is 43.6. The molecule has 6 nitrogen and oxygen atoms in total. The minimum Gasteiger partial charge on any atom is -0.456 e. The van der Waals surface area contributed by atoms with E-state index in [9.17, 15) is 0 Å². The number of nitrogens with zero attached hydrogens (tertiary/aromatic N) is 4. The third kappa shape index (κ3) is 7.80. The highest BCUT2D eigenvalue weighted by Gasteiger charge is 2.23. The number of benzene rings is 10. The minimum absolute atomic E-state index is 0.430. The second-order valence-corrected chi connectivity index (χ2v) is 18.8. The van der Waals surface area contributed by atoms with Crippen molar-refractivity contribution in [2.45, 2.75) is 0 Å². The Bertz CT molecular complexity index is 4490. The largest absolute Gasteiger partial charge is 0.456 e. The summed E-state index contributed by atoms with van der Waals surface area (Å²) in [5.41, 5.74) is 16.0.